The summed E-state index contributed by atoms with van der Waals surface area (Å²) in [6, 6.07) is 2.14. The fourth-order valence-electron chi connectivity index (χ4n) is 3.49. The highest BCUT2D eigenvalue weighted by atomic mass is 16.5. The molecule has 2 aliphatic rings. The molecule has 1 aliphatic carbocycles. The van der Waals surface area contributed by atoms with E-state index < -0.39 is 0 Å². The largest absolute Gasteiger partial charge is 0.376 e. The summed E-state index contributed by atoms with van der Waals surface area (Å²) >= 11 is 0. The van der Waals surface area contributed by atoms with E-state index in [4.69, 9.17) is 4.74 Å². The van der Waals surface area contributed by atoms with E-state index in [-0.39, 0.29) is 11.7 Å². The lowest BCUT2D eigenvalue weighted by Gasteiger charge is -2.18. The van der Waals surface area contributed by atoms with Gasteiger partial charge >= 0.3 is 0 Å². The zero-order valence-electron chi connectivity index (χ0n) is 13.0. The Labute approximate surface area is 126 Å². The van der Waals surface area contributed by atoms with Crippen LogP contribution in [0.4, 0.5) is 0 Å². The second-order valence-corrected chi connectivity index (χ2v) is 6.22. The average Bonchev–Trinajstić information content (AvgIpc) is 3.14. The molecule has 116 valence electrons. The number of nitrogens with zero attached hydrogens (tertiary/aromatic N) is 1. The Morgan fingerprint density at radius 3 is 3.05 bits per heavy atom. The van der Waals surface area contributed by atoms with Gasteiger partial charge in [-0.25, -0.2) is 0 Å². The van der Waals surface area contributed by atoms with E-state index in [9.17, 15) is 4.79 Å². The normalized spacial score (nSPS) is 20.9. The number of aromatic nitrogens is 1. The van der Waals surface area contributed by atoms with Gasteiger partial charge in [0.1, 0.15) is 0 Å². The van der Waals surface area contributed by atoms with Crippen molar-refractivity contribution in [3.8, 4) is 0 Å². The summed E-state index contributed by atoms with van der Waals surface area (Å²) < 4.78 is 7.75. The molecule has 1 N–H and O–H groups in total. The molecular weight excluding hydrogens is 264 g/mol. The first-order chi connectivity index (χ1) is 10.3. The van der Waals surface area contributed by atoms with Crippen molar-refractivity contribution in [2.75, 3.05) is 13.2 Å². The van der Waals surface area contributed by atoms with Gasteiger partial charge in [0.25, 0.3) is 5.56 Å². The first-order valence-corrected chi connectivity index (χ1v) is 8.36. The third-order valence-electron chi connectivity index (χ3n) is 4.58. The predicted molar refractivity (Wildman–Crippen MR) is 83.7 cm³/mol. The molecule has 4 heteroatoms. The van der Waals surface area contributed by atoms with Gasteiger partial charge in [-0.15, -0.1) is 0 Å². The number of hydrogen-bond donors (Lipinski definition) is 1. The molecule has 1 atom stereocenters. The van der Waals surface area contributed by atoms with Gasteiger partial charge in [-0.1, -0.05) is 6.92 Å². The van der Waals surface area contributed by atoms with Crippen molar-refractivity contribution in [2.45, 2.75) is 64.6 Å². The van der Waals surface area contributed by atoms with Gasteiger partial charge in [-0.05, 0) is 56.7 Å². The molecular formula is C17H26N2O2. The Kier molecular flexibility index (Phi) is 4.76. The minimum atomic E-state index is 0.190. The quantitative estimate of drug-likeness (QED) is 0.815. The summed E-state index contributed by atoms with van der Waals surface area (Å²) in [7, 11) is 0. The molecule has 1 aromatic heterocycles. The van der Waals surface area contributed by atoms with Crippen LogP contribution in [0.3, 0.4) is 0 Å². The second kappa shape index (κ2) is 6.75. The van der Waals surface area contributed by atoms with Gasteiger partial charge in [0.2, 0.25) is 0 Å². The molecule has 3 rings (SSSR count). The van der Waals surface area contributed by atoms with Crippen LogP contribution in [0.25, 0.3) is 0 Å². The number of ether oxygens (including phenoxy) is 1. The van der Waals surface area contributed by atoms with E-state index >= 15 is 0 Å². The van der Waals surface area contributed by atoms with Gasteiger partial charge in [0.05, 0.1) is 12.6 Å². The lowest BCUT2D eigenvalue weighted by Crippen LogP contribution is -2.33. The monoisotopic (exact) mass is 290 g/mol. The lowest BCUT2D eigenvalue weighted by molar-refractivity contribution is 0.0954. The summed E-state index contributed by atoms with van der Waals surface area (Å²) in [5.41, 5.74) is 3.74. The predicted octanol–water partition coefficient (Wildman–Crippen LogP) is 2.02. The average molecular weight is 290 g/mol. The summed E-state index contributed by atoms with van der Waals surface area (Å²) in [6.07, 6.45) is 6.85. The molecule has 0 bridgehead atoms. The van der Waals surface area contributed by atoms with Crippen LogP contribution in [0, 0.1) is 0 Å². The lowest BCUT2D eigenvalue weighted by atomic mass is 10.1. The minimum Gasteiger partial charge on any atom is -0.376 e. The summed E-state index contributed by atoms with van der Waals surface area (Å²) in [5.74, 6) is 0. The molecule has 1 aliphatic heterocycles. The number of fused-ring (bicyclic) bond motifs is 1. The second-order valence-electron chi connectivity index (χ2n) is 6.22. The minimum absolute atomic E-state index is 0.190. The smallest absolute Gasteiger partial charge is 0.255 e. The Balaban J connectivity index is 1.86. The van der Waals surface area contributed by atoms with Crippen molar-refractivity contribution in [2.24, 2.45) is 0 Å². The van der Waals surface area contributed by atoms with Crippen molar-refractivity contribution in [3.05, 3.63) is 33.2 Å². The Hall–Kier alpha value is -1.13. The van der Waals surface area contributed by atoms with Crippen molar-refractivity contribution in [3.63, 3.8) is 0 Å². The molecule has 1 saturated heterocycles. The van der Waals surface area contributed by atoms with Crippen LogP contribution >= 0.6 is 0 Å². The molecule has 1 unspecified atom stereocenters. The molecule has 0 saturated carbocycles. The molecule has 1 fully saturated rings. The van der Waals surface area contributed by atoms with Crippen LogP contribution in [0.15, 0.2) is 10.9 Å². The molecule has 21 heavy (non-hydrogen) atoms. The van der Waals surface area contributed by atoms with E-state index in [1.54, 1.807) is 0 Å². The summed E-state index contributed by atoms with van der Waals surface area (Å²) in [5, 5.41) is 3.36. The van der Waals surface area contributed by atoms with Gasteiger partial charge in [0, 0.05) is 24.4 Å². The first kappa shape index (κ1) is 14.8. The third-order valence-corrected chi connectivity index (χ3v) is 4.58. The molecule has 0 spiro atoms. The van der Waals surface area contributed by atoms with Crippen LogP contribution < -0.4 is 10.9 Å². The topological polar surface area (TPSA) is 43.3 Å². The van der Waals surface area contributed by atoms with Crippen LogP contribution in [0.2, 0.25) is 0 Å². The SMILES string of the molecule is CCCNCc1cc2c(n(CC3CCCO3)c1=O)CCC2. The van der Waals surface area contributed by atoms with Crippen LogP contribution in [0.5, 0.6) is 0 Å². The highest BCUT2D eigenvalue weighted by Gasteiger charge is 2.23. The van der Waals surface area contributed by atoms with Crippen molar-refractivity contribution >= 4 is 0 Å². The summed E-state index contributed by atoms with van der Waals surface area (Å²) in [6.45, 7) is 5.38. The van der Waals surface area contributed by atoms with E-state index in [2.05, 4.69) is 18.3 Å². The fourth-order valence-corrected chi connectivity index (χ4v) is 3.49. The molecule has 4 nitrogen and oxygen atoms in total. The third kappa shape index (κ3) is 3.22. The van der Waals surface area contributed by atoms with Crippen molar-refractivity contribution in [1.29, 1.82) is 0 Å². The van der Waals surface area contributed by atoms with Crippen LogP contribution in [-0.2, 0) is 30.7 Å². The zero-order valence-corrected chi connectivity index (χ0v) is 13.0. The van der Waals surface area contributed by atoms with Crippen molar-refractivity contribution in [1.82, 2.24) is 9.88 Å². The van der Waals surface area contributed by atoms with Crippen molar-refractivity contribution < 1.29 is 4.74 Å². The Bertz CT molecular complexity index is 544. The number of aryl methyl sites for hydroxylation is 1. The number of nitrogens with one attached hydrogen (secondary N) is 1. The number of pyridine rings is 1. The van der Waals surface area contributed by atoms with E-state index in [1.807, 2.05) is 4.57 Å². The molecule has 1 aromatic rings. The zero-order chi connectivity index (χ0) is 14.7. The fraction of sp³-hybridized carbons (Fsp3) is 0.706. The van der Waals surface area contributed by atoms with Crippen LogP contribution in [0.1, 0.15) is 49.4 Å². The standard InChI is InChI=1S/C17H26N2O2/c1-2-8-18-11-14-10-13-5-3-7-16(13)19(17(14)20)12-15-6-4-9-21-15/h10,15,18H,2-9,11-12H2,1H3. The maximum atomic E-state index is 12.8. The highest BCUT2D eigenvalue weighted by Crippen LogP contribution is 2.23. The maximum Gasteiger partial charge on any atom is 0.255 e. The van der Waals surface area contributed by atoms with Gasteiger partial charge in [-0.3, -0.25) is 4.79 Å². The Morgan fingerprint density at radius 2 is 2.29 bits per heavy atom. The first-order valence-electron chi connectivity index (χ1n) is 8.36. The van der Waals surface area contributed by atoms with Gasteiger partial charge in [0.15, 0.2) is 0 Å². The maximum absolute atomic E-state index is 12.8. The molecule has 0 radical (unpaired) electrons. The van der Waals surface area contributed by atoms with E-state index in [1.165, 1.54) is 17.7 Å². The Morgan fingerprint density at radius 1 is 1.38 bits per heavy atom. The highest BCUT2D eigenvalue weighted by molar-refractivity contribution is 5.30. The number of hydrogen-bond acceptors (Lipinski definition) is 3. The van der Waals surface area contributed by atoms with Crippen LogP contribution in [-0.4, -0.2) is 23.8 Å². The summed E-state index contributed by atoms with van der Waals surface area (Å²) in [4.78, 5) is 12.8. The molecule has 0 aromatic carbocycles. The molecule has 2 heterocycles. The number of rotatable bonds is 6. The van der Waals surface area contributed by atoms with Gasteiger partial charge in [-0.2, -0.15) is 0 Å². The van der Waals surface area contributed by atoms with E-state index in [0.717, 1.165) is 57.4 Å². The van der Waals surface area contributed by atoms with Gasteiger partial charge < -0.3 is 14.6 Å². The van der Waals surface area contributed by atoms with E-state index in [0.29, 0.717) is 6.54 Å². The molecule has 0 amide bonds.